The first-order valence-corrected chi connectivity index (χ1v) is 11.7. The highest BCUT2D eigenvalue weighted by Crippen LogP contribution is 2.45. The van der Waals surface area contributed by atoms with E-state index in [0.29, 0.717) is 18.6 Å². The van der Waals surface area contributed by atoms with Crippen LogP contribution in [0.1, 0.15) is 91.9 Å². The molecule has 27 heavy (non-hydrogen) atoms. The number of rotatable bonds is 18. The van der Waals surface area contributed by atoms with Crippen LogP contribution in [0.2, 0.25) is 0 Å². The van der Waals surface area contributed by atoms with Gasteiger partial charge in [-0.1, -0.05) is 51.4 Å². The summed E-state index contributed by atoms with van der Waals surface area (Å²) in [6.07, 6.45) is 11.1. The smallest absolute Gasteiger partial charge is 0.404 e. The molecule has 0 saturated carbocycles. The molecule has 6 nitrogen and oxygen atoms in total. The summed E-state index contributed by atoms with van der Waals surface area (Å²) < 4.78 is 13.9. The number of hydrogen-bond acceptors (Lipinski definition) is 4. The summed E-state index contributed by atoms with van der Waals surface area (Å²) in [6.45, 7) is 10.1. The van der Waals surface area contributed by atoms with Crippen molar-refractivity contribution in [2.75, 3.05) is 20.3 Å². The zero-order chi connectivity index (χ0) is 20.5. The van der Waals surface area contributed by atoms with Crippen molar-refractivity contribution < 1.29 is 18.9 Å². The molecule has 2 N–H and O–H groups in total. The Labute approximate surface area is 168 Å². The molecule has 0 bridgehead atoms. The Morgan fingerprint density at radius 2 is 1.33 bits per heavy atom. The highest BCUT2D eigenvalue weighted by atomic mass is 31.2. The number of carboxylic acid groups (broad SMARTS) is 1. The molecular formula is C20H43N2O4P. The van der Waals surface area contributed by atoms with E-state index in [2.05, 4.69) is 37.7 Å². The molecule has 0 radical (unpaired) electrons. The van der Waals surface area contributed by atoms with Gasteiger partial charge in [0.15, 0.2) is 0 Å². The molecule has 0 rings (SSSR count). The molecule has 0 aliphatic carbocycles. The van der Waals surface area contributed by atoms with Crippen LogP contribution in [0.3, 0.4) is 0 Å². The summed E-state index contributed by atoms with van der Waals surface area (Å²) in [5.41, 5.74) is 0. The summed E-state index contributed by atoms with van der Waals surface area (Å²) in [5.74, 6) is 0. The van der Waals surface area contributed by atoms with E-state index in [1.165, 1.54) is 44.9 Å². The maximum absolute atomic E-state index is 10.3. The van der Waals surface area contributed by atoms with Gasteiger partial charge in [0.05, 0.1) is 6.61 Å². The van der Waals surface area contributed by atoms with E-state index in [1.807, 2.05) is 0 Å². The number of unbranched alkanes of at least 4 members (excludes halogenated alkanes) is 9. The highest BCUT2D eigenvalue weighted by molar-refractivity contribution is 7.44. The van der Waals surface area contributed by atoms with Gasteiger partial charge in [-0.15, -0.1) is 0 Å². The average Bonchev–Trinajstić information content (AvgIpc) is 2.59. The summed E-state index contributed by atoms with van der Waals surface area (Å²) in [4.78, 5) is 10.3. The molecule has 0 saturated heterocycles. The van der Waals surface area contributed by atoms with Crippen molar-refractivity contribution >= 4 is 14.6 Å². The van der Waals surface area contributed by atoms with Gasteiger partial charge in [-0.3, -0.25) is 0 Å². The third kappa shape index (κ3) is 15.2. The van der Waals surface area contributed by atoms with Crippen LogP contribution in [0, 0.1) is 0 Å². The van der Waals surface area contributed by atoms with Crippen LogP contribution in [-0.2, 0) is 9.05 Å². The molecule has 1 atom stereocenters. The van der Waals surface area contributed by atoms with E-state index >= 15 is 0 Å². The highest BCUT2D eigenvalue weighted by Gasteiger charge is 2.25. The van der Waals surface area contributed by atoms with Crippen molar-refractivity contribution in [1.29, 1.82) is 0 Å². The zero-order valence-electron chi connectivity index (χ0n) is 18.2. The Balaban J connectivity index is 3.49. The summed E-state index contributed by atoms with van der Waals surface area (Å²) in [6, 6.07) is 0.842. The molecule has 7 heteroatoms. The summed E-state index contributed by atoms with van der Waals surface area (Å²) in [7, 11) is 0.795. The van der Waals surface area contributed by atoms with Gasteiger partial charge in [-0.2, -0.15) is 0 Å². The molecule has 0 aromatic rings. The second-order valence-electron chi connectivity index (χ2n) is 7.59. The second kappa shape index (κ2) is 17.7. The Morgan fingerprint density at radius 3 is 1.74 bits per heavy atom. The molecule has 162 valence electrons. The van der Waals surface area contributed by atoms with Crippen molar-refractivity contribution in [3.8, 4) is 0 Å². The second-order valence-corrected chi connectivity index (χ2v) is 9.15. The SMILES string of the molecule is COP(OCCCCCCCCCCCCNC(=O)O)N(C(C)C)C(C)C. The van der Waals surface area contributed by atoms with Crippen molar-refractivity contribution in [2.45, 2.75) is 104 Å². The minimum atomic E-state index is -0.947. The predicted molar refractivity (Wildman–Crippen MR) is 114 cm³/mol. The number of carbonyl (C=O) groups is 1. The standard InChI is InChI=1S/C20H43N2O4P/c1-18(2)22(19(3)4)27(25-5)26-17-15-13-11-9-7-6-8-10-12-14-16-21-20(23)24/h18-19,21H,6-17H2,1-5H3,(H,23,24). The average molecular weight is 407 g/mol. The number of amides is 1. The number of hydrogen-bond donors (Lipinski definition) is 2. The van der Waals surface area contributed by atoms with Crippen molar-refractivity contribution in [3.05, 3.63) is 0 Å². The molecule has 0 aliphatic heterocycles. The van der Waals surface area contributed by atoms with Crippen LogP contribution in [0.15, 0.2) is 0 Å². The first-order valence-electron chi connectivity index (χ1n) is 10.6. The molecule has 0 aromatic heterocycles. The Hall–Kier alpha value is -0.420. The van der Waals surface area contributed by atoms with E-state index in [4.69, 9.17) is 14.2 Å². The fourth-order valence-electron chi connectivity index (χ4n) is 3.17. The molecule has 1 unspecified atom stereocenters. The maximum atomic E-state index is 10.3. The van der Waals surface area contributed by atoms with E-state index in [9.17, 15) is 4.79 Å². The maximum Gasteiger partial charge on any atom is 0.404 e. The van der Waals surface area contributed by atoms with Crippen LogP contribution in [0.5, 0.6) is 0 Å². The lowest BCUT2D eigenvalue weighted by molar-refractivity contribution is 0.191. The quantitative estimate of drug-likeness (QED) is 0.211. The van der Waals surface area contributed by atoms with Gasteiger partial charge >= 0.3 is 6.09 Å². The number of nitrogens with one attached hydrogen (secondary N) is 1. The fraction of sp³-hybridized carbons (Fsp3) is 0.950. The van der Waals surface area contributed by atoms with E-state index < -0.39 is 14.6 Å². The van der Waals surface area contributed by atoms with Crippen LogP contribution in [0.4, 0.5) is 4.79 Å². The summed E-state index contributed by atoms with van der Waals surface area (Å²) in [5, 5.41) is 10.9. The molecule has 0 aromatic carbocycles. The van der Waals surface area contributed by atoms with Crippen molar-refractivity contribution in [2.24, 2.45) is 0 Å². The van der Waals surface area contributed by atoms with Gasteiger partial charge in [0, 0.05) is 25.7 Å². The van der Waals surface area contributed by atoms with Gasteiger partial charge in [-0.25, -0.2) is 9.46 Å². The van der Waals surface area contributed by atoms with Gasteiger partial charge < -0.3 is 19.5 Å². The van der Waals surface area contributed by atoms with E-state index in [-0.39, 0.29) is 0 Å². The third-order valence-corrected chi connectivity index (χ3v) is 6.47. The predicted octanol–water partition coefficient (Wildman–Crippen LogP) is 6.16. The Morgan fingerprint density at radius 1 is 0.889 bits per heavy atom. The molecule has 0 spiro atoms. The normalized spacial score (nSPS) is 12.9. The van der Waals surface area contributed by atoms with Gasteiger partial charge in [-0.05, 0) is 40.5 Å². The topological polar surface area (TPSA) is 71.0 Å². The van der Waals surface area contributed by atoms with Gasteiger partial charge in [0.1, 0.15) is 0 Å². The van der Waals surface area contributed by atoms with Crippen LogP contribution < -0.4 is 5.32 Å². The third-order valence-electron chi connectivity index (χ3n) is 4.45. The largest absolute Gasteiger partial charge is 0.465 e. The fourth-order valence-corrected chi connectivity index (χ4v) is 4.63. The lowest BCUT2D eigenvalue weighted by Crippen LogP contribution is -2.33. The van der Waals surface area contributed by atoms with Crippen molar-refractivity contribution in [1.82, 2.24) is 9.99 Å². The lowest BCUT2D eigenvalue weighted by Gasteiger charge is -2.34. The Bertz CT molecular complexity index is 349. The van der Waals surface area contributed by atoms with Crippen LogP contribution in [-0.4, -0.2) is 48.2 Å². The van der Waals surface area contributed by atoms with E-state index in [1.54, 1.807) is 7.11 Å². The molecule has 0 heterocycles. The lowest BCUT2D eigenvalue weighted by atomic mass is 10.1. The Kier molecular flexibility index (Phi) is 17.4. The monoisotopic (exact) mass is 406 g/mol. The van der Waals surface area contributed by atoms with Gasteiger partial charge in [0.2, 0.25) is 0 Å². The van der Waals surface area contributed by atoms with Crippen LogP contribution >= 0.6 is 8.53 Å². The molecule has 0 aliphatic rings. The molecule has 0 fully saturated rings. The molecular weight excluding hydrogens is 363 g/mol. The number of nitrogens with zero attached hydrogens (tertiary/aromatic N) is 1. The first kappa shape index (κ1) is 26.6. The van der Waals surface area contributed by atoms with Crippen LogP contribution in [0.25, 0.3) is 0 Å². The van der Waals surface area contributed by atoms with Crippen molar-refractivity contribution in [3.63, 3.8) is 0 Å². The minimum absolute atomic E-state index is 0.421. The van der Waals surface area contributed by atoms with E-state index in [0.717, 1.165) is 25.9 Å². The van der Waals surface area contributed by atoms with Gasteiger partial charge in [0.25, 0.3) is 8.53 Å². The zero-order valence-corrected chi connectivity index (χ0v) is 19.1. The summed E-state index contributed by atoms with van der Waals surface area (Å²) >= 11 is 0. The first-order chi connectivity index (χ1) is 12.9. The molecule has 1 amide bonds. The minimum Gasteiger partial charge on any atom is -0.465 e.